The van der Waals surface area contributed by atoms with Crippen molar-refractivity contribution >= 4 is 40.6 Å². The standard InChI is InChI=1S/C32H37F3N6O4S/c1-5-21-17-22(7-8-26(21)45-16-15-38-11-13-39(14-12-38)31(9-10-31)28(43)44-6-2)41-29(46)40(27(42)30(41,3)4)23-18-24(32(33,34)35)25(19-36)37-20-23/h7-8,17-18,20H,5-6,9-16H2,1-4H3. The van der Waals surface area contributed by atoms with Crippen LogP contribution in [0.1, 0.15) is 57.4 Å². The molecule has 0 bridgehead atoms. The fourth-order valence-corrected chi connectivity index (χ4v) is 6.70. The predicted molar refractivity (Wildman–Crippen MR) is 169 cm³/mol. The summed E-state index contributed by atoms with van der Waals surface area (Å²) in [5, 5.41) is 9.12. The van der Waals surface area contributed by atoms with Crippen LogP contribution < -0.4 is 14.5 Å². The molecule has 3 aliphatic rings. The number of halogens is 3. The van der Waals surface area contributed by atoms with E-state index in [0.717, 1.165) is 68.3 Å². The van der Waals surface area contributed by atoms with Gasteiger partial charge in [-0.1, -0.05) is 6.92 Å². The monoisotopic (exact) mass is 658 g/mol. The Labute approximate surface area is 271 Å². The van der Waals surface area contributed by atoms with Gasteiger partial charge in [0.1, 0.15) is 29.5 Å². The zero-order valence-electron chi connectivity index (χ0n) is 26.3. The molecule has 0 atom stereocenters. The van der Waals surface area contributed by atoms with Gasteiger partial charge in [0.2, 0.25) is 0 Å². The first-order valence-electron chi connectivity index (χ1n) is 15.3. The van der Waals surface area contributed by atoms with Crippen molar-refractivity contribution in [3.05, 3.63) is 47.3 Å². The molecule has 1 aromatic heterocycles. The first-order chi connectivity index (χ1) is 21.8. The summed E-state index contributed by atoms with van der Waals surface area (Å²) in [7, 11) is 0. The summed E-state index contributed by atoms with van der Waals surface area (Å²) < 4.78 is 52.4. The number of ether oxygens (including phenoxy) is 2. The molecule has 3 fully saturated rings. The highest BCUT2D eigenvalue weighted by Crippen LogP contribution is 2.43. The van der Waals surface area contributed by atoms with E-state index in [2.05, 4.69) is 14.8 Å². The zero-order valence-corrected chi connectivity index (χ0v) is 27.1. The molecular formula is C32H37F3N6O4S. The quantitative estimate of drug-likeness (QED) is 0.267. The Morgan fingerprint density at radius 2 is 1.80 bits per heavy atom. The second-order valence-corrected chi connectivity index (χ2v) is 12.5. The molecule has 1 aromatic carbocycles. The molecule has 10 nitrogen and oxygen atoms in total. The van der Waals surface area contributed by atoms with Gasteiger partial charge in [-0.15, -0.1) is 0 Å². The number of esters is 1. The maximum absolute atomic E-state index is 13.6. The number of aromatic nitrogens is 1. The molecule has 5 rings (SSSR count). The van der Waals surface area contributed by atoms with Gasteiger partial charge < -0.3 is 14.4 Å². The Balaban J connectivity index is 1.25. The molecule has 0 radical (unpaired) electrons. The number of alkyl halides is 3. The minimum atomic E-state index is -4.84. The molecule has 2 aromatic rings. The normalized spacial score (nSPS) is 19.7. The van der Waals surface area contributed by atoms with Crippen LogP contribution in [-0.4, -0.2) is 88.8 Å². The second-order valence-electron chi connectivity index (χ2n) is 12.1. The van der Waals surface area contributed by atoms with Gasteiger partial charge >= 0.3 is 12.1 Å². The van der Waals surface area contributed by atoms with Gasteiger partial charge in [-0.2, -0.15) is 18.4 Å². The molecule has 0 spiro atoms. The molecule has 14 heteroatoms. The number of nitriles is 1. The van der Waals surface area contributed by atoms with Crippen LogP contribution in [0.2, 0.25) is 0 Å². The van der Waals surface area contributed by atoms with E-state index in [-0.39, 0.29) is 16.8 Å². The van der Waals surface area contributed by atoms with E-state index in [0.29, 0.717) is 31.1 Å². The molecule has 0 N–H and O–H groups in total. The number of nitrogens with zero attached hydrogens (tertiary/aromatic N) is 6. The highest BCUT2D eigenvalue weighted by Gasteiger charge is 2.56. The molecule has 1 saturated carbocycles. The maximum Gasteiger partial charge on any atom is 0.419 e. The Morgan fingerprint density at radius 3 is 2.39 bits per heavy atom. The average Bonchev–Trinajstić information content (AvgIpc) is 3.81. The van der Waals surface area contributed by atoms with Crippen LogP contribution in [-0.2, 0) is 26.9 Å². The van der Waals surface area contributed by atoms with E-state index < -0.39 is 34.4 Å². The third-order valence-electron chi connectivity index (χ3n) is 8.92. The van der Waals surface area contributed by atoms with E-state index >= 15 is 0 Å². The minimum Gasteiger partial charge on any atom is -0.492 e. The van der Waals surface area contributed by atoms with Gasteiger partial charge in [0, 0.05) is 38.4 Å². The third kappa shape index (κ3) is 6.15. The number of hydrogen-bond acceptors (Lipinski definition) is 9. The summed E-state index contributed by atoms with van der Waals surface area (Å²) in [6, 6.07) is 7.66. The molecule has 246 valence electrons. The lowest BCUT2D eigenvalue weighted by atomic mass is 10.0. The summed E-state index contributed by atoms with van der Waals surface area (Å²) in [6.45, 7) is 11.9. The second kappa shape index (κ2) is 12.8. The topological polar surface area (TPSA) is 102 Å². The van der Waals surface area contributed by atoms with Crippen molar-refractivity contribution in [1.82, 2.24) is 14.8 Å². The van der Waals surface area contributed by atoms with Crippen molar-refractivity contribution in [2.45, 2.75) is 64.2 Å². The van der Waals surface area contributed by atoms with Crippen LogP contribution >= 0.6 is 12.2 Å². The van der Waals surface area contributed by atoms with Crippen LogP contribution in [0.5, 0.6) is 5.75 Å². The SMILES string of the molecule is CCOC(=O)C1(N2CCN(CCOc3ccc(N4C(=S)N(c5cnc(C#N)c(C(F)(F)F)c5)C(=O)C4(C)C)cc3CC)CC2)CC1. The number of hydrogen-bond donors (Lipinski definition) is 0. The number of aryl methyl sites for hydroxylation is 1. The fourth-order valence-electron chi connectivity index (χ4n) is 6.18. The molecule has 1 aliphatic carbocycles. The van der Waals surface area contributed by atoms with Crippen LogP contribution in [0.3, 0.4) is 0 Å². The number of carbonyl (C=O) groups excluding carboxylic acids is 2. The number of benzene rings is 1. The van der Waals surface area contributed by atoms with Gasteiger partial charge in [-0.3, -0.25) is 24.3 Å². The van der Waals surface area contributed by atoms with Gasteiger partial charge in [0.15, 0.2) is 10.8 Å². The number of pyridine rings is 1. The van der Waals surface area contributed by atoms with Crippen molar-refractivity contribution < 1.29 is 32.2 Å². The smallest absolute Gasteiger partial charge is 0.419 e. The zero-order chi connectivity index (χ0) is 33.4. The largest absolute Gasteiger partial charge is 0.492 e. The summed E-state index contributed by atoms with van der Waals surface area (Å²) in [5.41, 5.74) is -2.35. The van der Waals surface area contributed by atoms with E-state index in [1.54, 1.807) is 24.8 Å². The van der Waals surface area contributed by atoms with E-state index in [1.165, 1.54) is 6.07 Å². The molecule has 3 heterocycles. The Morgan fingerprint density at radius 1 is 1.11 bits per heavy atom. The first-order valence-corrected chi connectivity index (χ1v) is 15.8. The number of piperazine rings is 1. The highest BCUT2D eigenvalue weighted by molar-refractivity contribution is 7.81. The maximum atomic E-state index is 13.6. The Kier molecular flexibility index (Phi) is 9.32. The number of amides is 1. The third-order valence-corrected chi connectivity index (χ3v) is 9.28. The van der Waals surface area contributed by atoms with Crippen molar-refractivity contribution in [1.29, 1.82) is 5.26 Å². The van der Waals surface area contributed by atoms with Crippen LogP contribution in [0.4, 0.5) is 24.5 Å². The van der Waals surface area contributed by atoms with Crippen LogP contribution in [0.25, 0.3) is 0 Å². The number of rotatable bonds is 10. The number of thiocarbonyl (C=S) groups is 1. The predicted octanol–water partition coefficient (Wildman–Crippen LogP) is 4.54. The number of anilines is 2. The summed E-state index contributed by atoms with van der Waals surface area (Å²) >= 11 is 5.66. The molecule has 2 saturated heterocycles. The summed E-state index contributed by atoms with van der Waals surface area (Å²) in [6.07, 6.45) is -1.46. The Bertz CT molecular complexity index is 1560. The van der Waals surface area contributed by atoms with E-state index in [9.17, 15) is 22.8 Å². The van der Waals surface area contributed by atoms with E-state index in [4.69, 9.17) is 27.0 Å². The molecule has 1 amide bonds. The molecule has 46 heavy (non-hydrogen) atoms. The summed E-state index contributed by atoms with van der Waals surface area (Å²) in [4.78, 5) is 36.9. The lowest BCUT2D eigenvalue weighted by Crippen LogP contribution is -2.55. The van der Waals surface area contributed by atoms with Crippen LogP contribution in [0, 0.1) is 11.3 Å². The van der Waals surface area contributed by atoms with Crippen molar-refractivity contribution in [2.75, 3.05) is 55.7 Å². The number of carbonyl (C=O) groups is 2. The van der Waals surface area contributed by atoms with Gasteiger partial charge in [0.25, 0.3) is 5.91 Å². The average molecular weight is 659 g/mol. The van der Waals surface area contributed by atoms with Gasteiger partial charge in [-0.25, -0.2) is 4.98 Å². The highest BCUT2D eigenvalue weighted by atomic mass is 32.1. The summed E-state index contributed by atoms with van der Waals surface area (Å²) in [5.74, 6) is 0.0612. The van der Waals surface area contributed by atoms with Crippen molar-refractivity contribution in [3.8, 4) is 11.8 Å². The molecular weight excluding hydrogens is 621 g/mol. The molecule has 0 unspecified atom stereocenters. The Hall–Kier alpha value is -3.80. The lowest BCUT2D eigenvalue weighted by molar-refractivity contribution is -0.152. The lowest BCUT2D eigenvalue weighted by Gasteiger charge is -2.38. The fraction of sp³-hybridized carbons (Fsp3) is 0.531. The van der Waals surface area contributed by atoms with Gasteiger partial charge in [0.05, 0.1) is 24.1 Å². The minimum absolute atomic E-state index is 0.000398. The van der Waals surface area contributed by atoms with E-state index in [1.807, 2.05) is 26.0 Å². The van der Waals surface area contributed by atoms with Gasteiger partial charge in [-0.05, 0) is 82.1 Å². The van der Waals surface area contributed by atoms with Crippen molar-refractivity contribution in [3.63, 3.8) is 0 Å². The first kappa shape index (κ1) is 33.6. The molecule has 2 aliphatic heterocycles. The van der Waals surface area contributed by atoms with Crippen molar-refractivity contribution in [2.24, 2.45) is 0 Å². The van der Waals surface area contributed by atoms with Crippen LogP contribution in [0.15, 0.2) is 30.5 Å².